The monoisotopic (exact) mass is 318 g/mol. The van der Waals surface area contributed by atoms with Gasteiger partial charge in [-0.3, -0.25) is 0 Å². The number of rotatable bonds is 10. The summed E-state index contributed by atoms with van der Waals surface area (Å²) in [6.45, 7) is 4.47. The molecule has 5 heteroatoms. The average molecular weight is 318 g/mol. The van der Waals surface area contributed by atoms with Crippen LogP contribution in [0.5, 0.6) is 0 Å². The van der Waals surface area contributed by atoms with E-state index in [1.807, 2.05) is 6.08 Å². The average Bonchev–Trinajstić information content (AvgIpc) is 2.52. The summed E-state index contributed by atoms with van der Waals surface area (Å²) in [5.41, 5.74) is -1.34. The van der Waals surface area contributed by atoms with Gasteiger partial charge >= 0.3 is 0 Å². The fraction of sp³-hybridized carbons (Fsp3) is 0.529. The first-order valence-corrected chi connectivity index (χ1v) is 7.50. The van der Waals surface area contributed by atoms with Gasteiger partial charge in [0.25, 0.3) is 0 Å². The third kappa shape index (κ3) is 5.13. The Morgan fingerprint density at radius 3 is 2.00 bits per heavy atom. The molecule has 0 fully saturated rings. The van der Waals surface area contributed by atoms with E-state index in [4.69, 9.17) is 4.74 Å². The van der Waals surface area contributed by atoms with Gasteiger partial charge in [-0.25, -0.2) is 17.6 Å². The number of allylic oxidation sites excluding steroid dienone is 1. The van der Waals surface area contributed by atoms with Crippen molar-refractivity contribution >= 4 is 0 Å². The summed E-state index contributed by atoms with van der Waals surface area (Å²) in [4.78, 5) is 0. The smallest absolute Gasteiger partial charge is 0.167 e. The molecule has 22 heavy (non-hydrogen) atoms. The number of benzene rings is 1. The fourth-order valence-corrected chi connectivity index (χ4v) is 2.11. The van der Waals surface area contributed by atoms with Crippen LogP contribution in [-0.4, -0.2) is 6.61 Å². The Kier molecular flexibility index (Phi) is 8.17. The third-order valence-corrected chi connectivity index (χ3v) is 3.52. The van der Waals surface area contributed by atoms with Gasteiger partial charge in [0.2, 0.25) is 0 Å². The van der Waals surface area contributed by atoms with Gasteiger partial charge in [0.15, 0.2) is 23.3 Å². The van der Waals surface area contributed by atoms with Gasteiger partial charge in [-0.2, -0.15) is 0 Å². The predicted molar refractivity (Wildman–Crippen MR) is 78.6 cm³/mol. The standard InChI is InChI=1S/C17H22F4O/c1-3-4-5-6-7-8-9-10-22-11-13-16(20)14(18)12(2)15(19)17(13)21/h3H,1,4-11H2,2H3. The minimum absolute atomic E-state index is 0.303. The van der Waals surface area contributed by atoms with Crippen molar-refractivity contribution in [2.24, 2.45) is 0 Å². The first-order valence-electron chi connectivity index (χ1n) is 7.50. The summed E-state index contributed by atoms with van der Waals surface area (Å²) in [6.07, 6.45) is 7.82. The van der Waals surface area contributed by atoms with E-state index in [1.165, 1.54) is 0 Å². The molecule has 0 bridgehead atoms. The molecule has 0 aliphatic carbocycles. The maximum Gasteiger partial charge on any atom is 0.167 e. The van der Waals surface area contributed by atoms with E-state index in [1.54, 1.807) is 0 Å². The lowest BCUT2D eigenvalue weighted by Gasteiger charge is -2.10. The molecule has 0 atom stereocenters. The summed E-state index contributed by atoms with van der Waals surface area (Å²) in [6, 6.07) is 0. The van der Waals surface area contributed by atoms with Gasteiger partial charge in [-0.15, -0.1) is 6.58 Å². The number of hydrogen-bond acceptors (Lipinski definition) is 1. The Morgan fingerprint density at radius 2 is 1.41 bits per heavy atom. The van der Waals surface area contributed by atoms with Crippen molar-refractivity contribution in [2.45, 2.75) is 52.1 Å². The summed E-state index contributed by atoms with van der Waals surface area (Å²) >= 11 is 0. The summed E-state index contributed by atoms with van der Waals surface area (Å²) in [5, 5.41) is 0. The number of unbranched alkanes of at least 4 members (excludes halogenated alkanes) is 5. The summed E-state index contributed by atoms with van der Waals surface area (Å²) < 4.78 is 59.0. The zero-order valence-corrected chi connectivity index (χ0v) is 12.9. The number of ether oxygens (including phenoxy) is 1. The van der Waals surface area contributed by atoms with Crippen LogP contribution in [0, 0.1) is 30.2 Å². The largest absolute Gasteiger partial charge is 0.377 e. The molecule has 1 aromatic rings. The third-order valence-electron chi connectivity index (χ3n) is 3.52. The summed E-state index contributed by atoms with van der Waals surface area (Å²) in [7, 11) is 0. The highest BCUT2D eigenvalue weighted by Gasteiger charge is 2.22. The van der Waals surface area contributed by atoms with E-state index >= 15 is 0 Å². The topological polar surface area (TPSA) is 9.23 Å². The SMILES string of the molecule is C=CCCCCCCCOCc1c(F)c(F)c(C)c(F)c1F. The van der Waals surface area contributed by atoms with Crippen molar-refractivity contribution in [1.82, 2.24) is 0 Å². The minimum Gasteiger partial charge on any atom is -0.377 e. The van der Waals surface area contributed by atoms with E-state index in [9.17, 15) is 17.6 Å². The van der Waals surface area contributed by atoms with Crippen LogP contribution < -0.4 is 0 Å². The van der Waals surface area contributed by atoms with Gasteiger partial charge in [0.1, 0.15) is 0 Å². The minimum atomic E-state index is -1.37. The molecule has 0 aliphatic heterocycles. The lowest BCUT2D eigenvalue weighted by molar-refractivity contribution is 0.110. The number of hydrogen-bond donors (Lipinski definition) is 0. The van der Waals surface area contributed by atoms with Gasteiger partial charge in [-0.05, 0) is 26.2 Å². The maximum absolute atomic E-state index is 13.6. The van der Waals surface area contributed by atoms with Crippen LogP contribution in [0.1, 0.15) is 49.7 Å². The summed E-state index contributed by atoms with van der Waals surface area (Å²) in [5.74, 6) is -5.47. The lowest BCUT2D eigenvalue weighted by atomic mass is 10.1. The molecule has 0 saturated carbocycles. The van der Waals surface area contributed by atoms with E-state index in [2.05, 4.69) is 6.58 Å². The fourth-order valence-electron chi connectivity index (χ4n) is 2.11. The highest BCUT2D eigenvalue weighted by Crippen LogP contribution is 2.24. The van der Waals surface area contributed by atoms with Gasteiger partial charge in [-0.1, -0.05) is 25.3 Å². The first kappa shape index (κ1) is 18.7. The Bertz CT molecular complexity index is 471. The van der Waals surface area contributed by atoms with Crippen LogP contribution in [0.15, 0.2) is 12.7 Å². The highest BCUT2D eigenvalue weighted by atomic mass is 19.2. The number of halogens is 4. The van der Waals surface area contributed by atoms with Crippen LogP contribution >= 0.6 is 0 Å². The van der Waals surface area contributed by atoms with Crippen LogP contribution in [0.4, 0.5) is 17.6 Å². The molecular formula is C17H22F4O. The first-order chi connectivity index (χ1) is 10.5. The van der Waals surface area contributed by atoms with Crippen molar-refractivity contribution in [2.75, 3.05) is 6.61 Å². The van der Waals surface area contributed by atoms with Crippen LogP contribution in [0.2, 0.25) is 0 Å². The molecule has 0 unspecified atom stereocenters. The second-order valence-corrected chi connectivity index (χ2v) is 5.26. The Labute approximate surface area is 129 Å². The second-order valence-electron chi connectivity index (χ2n) is 5.26. The molecule has 1 nitrogen and oxygen atoms in total. The van der Waals surface area contributed by atoms with Crippen LogP contribution in [-0.2, 0) is 11.3 Å². The quantitative estimate of drug-likeness (QED) is 0.236. The Balaban J connectivity index is 2.35. The van der Waals surface area contributed by atoms with E-state index in [-0.39, 0.29) is 0 Å². The zero-order chi connectivity index (χ0) is 16.5. The van der Waals surface area contributed by atoms with Crippen molar-refractivity contribution in [3.63, 3.8) is 0 Å². The van der Waals surface area contributed by atoms with Gasteiger partial charge in [0.05, 0.1) is 12.2 Å². The van der Waals surface area contributed by atoms with Crippen molar-refractivity contribution in [3.8, 4) is 0 Å². The maximum atomic E-state index is 13.6. The lowest BCUT2D eigenvalue weighted by Crippen LogP contribution is -2.08. The van der Waals surface area contributed by atoms with Crippen LogP contribution in [0.25, 0.3) is 0 Å². The molecule has 0 saturated heterocycles. The highest BCUT2D eigenvalue weighted by molar-refractivity contribution is 5.28. The van der Waals surface area contributed by atoms with E-state index in [0.717, 1.165) is 45.4 Å². The molecule has 0 amide bonds. The molecular weight excluding hydrogens is 296 g/mol. The van der Waals surface area contributed by atoms with Gasteiger partial charge in [0, 0.05) is 12.2 Å². The van der Waals surface area contributed by atoms with E-state index in [0.29, 0.717) is 6.61 Å². The Morgan fingerprint density at radius 1 is 0.864 bits per heavy atom. The van der Waals surface area contributed by atoms with E-state index < -0.39 is 41.0 Å². The molecule has 0 aromatic heterocycles. The van der Waals surface area contributed by atoms with Crippen molar-refractivity contribution in [3.05, 3.63) is 47.1 Å². The zero-order valence-electron chi connectivity index (χ0n) is 12.9. The second kappa shape index (κ2) is 9.62. The molecule has 1 rings (SSSR count). The predicted octanol–water partition coefficient (Wildman–Crippen LogP) is 5.59. The molecule has 0 radical (unpaired) electrons. The molecule has 1 aromatic carbocycles. The van der Waals surface area contributed by atoms with Crippen molar-refractivity contribution < 1.29 is 22.3 Å². The molecule has 0 N–H and O–H groups in total. The molecule has 0 heterocycles. The normalized spacial score (nSPS) is 11.0. The van der Waals surface area contributed by atoms with Gasteiger partial charge < -0.3 is 4.74 Å². The molecule has 124 valence electrons. The Hall–Kier alpha value is -1.36. The van der Waals surface area contributed by atoms with Crippen LogP contribution in [0.3, 0.4) is 0 Å². The molecule has 0 aliphatic rings. The van der Waals surface area contributed by atoms with Crippen molar-refractivity contribution in [1.29, 1.82) is 0 Å². The molecule has 0 spiro atoms.